The number of piperazine rings is 1. The largest absolute Gasteiger partial charge is 0.507 e. The molecule has 1 fully saturated rings. The predicted molar refractivity (Wildman–Crippen MR) is 165 cm³/mol. The Morgan fingerprint density at radius 2 is 1.87 bits per heavy atom. The first-order chi connectivity index (χ1) is 21.4. The third kappa shape index (κ3) is 4.44. The van der Waals surface area contributed by atoms with Crippen LogP contribution in [0.1, 0.15) is 37.9 Å². The fourth-order valence-electron chi connectivity index (χ4n) is 6.29. The molecule has 6 rings (SSSR count). The Kier molecular flexibility index (Phi) is 7.13. The Bertz CT molecular complexity index is 1970. The van der Waals surface area contributed by atoms with E-state index < -0.39 is 52.3 Å². The summed E-state index contributed by atoms with van der Waals surface area (Å²) in [6.07, 6.45) is 2.77. The fraction of sp³-hybridized carbons (Fsp3) is 0.312. The second kappa shape index (κ2) is 10.8. The van der Waals surface area contributed by atoms with Crippen molar-refractivity contribution >= 4 is 34.4 Å². The molecule has 0 aliphatic carbocycles. The number of phenolic OH excluding ortho intramolecular Hbond substituents is 1. The van der Waals surface area contributed by atoms with Crippen LogP contribution in [0.15, 0.2) is 47.9 Å². The first kappa shape index (κ1) is 29.9. The van der Waals surface area contributed by atoms with Crippen molar-refractivity contribution in [2.75, 3.05) is 29.9 Å². The number of anilines is 2. The van der Waals surface area contributed by atoms with Crippen molar-refractivity contribution in [1.82, 2.24) is 24.4 Å². The second-order valence-corrected chi connectivity index (χ2v) is 11.6. The van der Waals surface area contributed by atoms with Gasteiger partial charge in [0.15, 0.2) is 11.5 Å². The highest BCUT2D eigenvalue weighted by molar-refractivity contribution is 6.13. The van der Waals surface area contributed by atoms with E-state index >= 15 is 8.78 Å². The van der Waals surface area contributed by atoms with E-state index in [1.54, 1.807) is 31.0 Å². The number of halogens is 2. The molecule has 2 aliphatic heterocycles. The highest BCUT2D eigenvalue weighted by Gasteiger charge is 2.45. The molecule has 0 radical (unpaired) electrons. The van der Waals surface area contributed by atoms with Crippen LogP contribution in [-0.4, -0.2) is 73.6 Å². The van der Waals surface area contributed by atoms with Crippen LogP contribution in [0, 0.1) is 18.6 Å². The first-order valence-corrected chi connectivity index (χ1v) is 14.4. The molecule has 1 saturated heterocycles. The van der Waals surface area contributed by atoms with Crippen molar-refractivity contribution in [3.05, 3.63) is 76.5 Å². The monoisotopic (exact) mass is 615 g/mol. The van der Waals surface area contributed by atoms with Gasteiger partial charge in [-0.25, -0.2) is 23.1 Å². The number of aryl methyl sites for hydroxylation is 1. The number of nitrogens with zero attached hydrogens (tertiary/aromatic N) is 7. The average molecular weight is 616 g/mol. The Balaban J connectivity index is 1.79. The van der Waals surface area contributed by atoms with Crippen LogP contribution < -0.4 is 15.5 Å². The summed E-state index contributed by atoms with van der Waals surface area (Å²) in [6.45, 7) is 10.9. The van der Waals surface area contributed by atoms with Gasteiger partial charge in [0, 0.05) is 25.8 Å². The Labute approximate surface area is 257 Å². The molecule has 13 heteroatoms. The third-order valence-corrected chi connectivity index (χ3v) is 8.50. The normalized spacial score (nSPS) is 18.0. The molecule has 1 aromatic carbocycles. The van der Waals surface area contributed by atoms with E-state index in [0.29, 0.717) is 16.9 Å². The number of carbonyl (C=O) groups excluding carboxylic acids is 2. The molecular weight excluding hydrogens is 584 g/mol. The zero-order valence-electron chi connectivity index (χ0n) is 25.4. The van der Waals surface area contributed by atoms with Crippen LogP contribution in [-0.2, 0) is 9.59 Å². The van der Waals surface area contributed by atoms with Crippen molar-refractivity contribution in [2.24, 2.45) is 0 Å². The van der Waals surface area contributed by atoms with E-state index in [2.05, 4.69) is 21.5 Å². The minimum absolute atomic E-state index is 0.00449. The molecule has 1 N–H and O–H groups in total. The zero-order valence-corrected chi connectivity index (χ0v) is 25.4. The third-order valence-electron chi connectivity index (χ3n) is 8.50. The SMILES string of the molecule is C=CC(=O)N1CC2C(=O)N(C)c3c(F)c(-c4c(O)cccc4F)nc4c3c(nc(=O)n4-c3c(C)ccnc3C(C)C)N2CC1C. The maximum atomic E-state index is 16.8. The number of rotatable bonds is 4. The average Bonchev–Trinajstić information content (AvgIpc) is 3.08. The Morgan fingerprint density at radius 3 is 2.53 bits per heavy atom. The number of benzene rings is 1. The Morgan fingerprint density at radius 1 is 1.13 bits per heavy atom. The molecule has 5 heterocycles. The molecule has 0 spiro atoms. The molecule has 2 aliphatic rings. The van der Waals surface area contributed by atoms with Gasteiger partial charge in [-0.15, -0.1) is 0 Å². The van der Waals surface area contributed by atoms with Crippen molar-refractivity contribution in [3.8, 4) is 22.7 Å². The molecule has 11 nitrogen and oxygen atoms in total. The molecule has 2 amide bonds. The number of likely N-dealkylation sites (N-methyl/N-ethyl adjacent to an activating group) is 1. The minimum atomic E-state index is -1.09. The second-order valence-electron chi connectivity index (χ2n) is 11.6. The van der Waals surface area contributed by atoms with Gasteiger partial charge in [0.2, 0.25) is 5.91 Å². The zero-order chi connectivity index (χ0) is 32.5. The number of hydrogen-bond acceptors (Lipinski definition) is 8. The summed E-state index contributed by atoms with van der Waals surface area (Å²) >= 11 is 0. The van der Waals surface area contributed by atoms with Crippen molar-refractivity contribution < 1.29 is 23.5 Å². The molecule has 4 aromatic rings. The van der Waals surface area contributed by atoms with Crippen LogP contribution in [0.3, 0.4) is 0 Å². The van der Waals surface area contributed by atoms with Gasteiger partial charge in [-0.2, -0.15) is 4.98 Å². The number of phenols is 1. The van der Waals surface area contributed by atoms with E-state index in [0.717, 1.165) is 17.0 Å². The summed E-state index contributed by atoms with van der Waals surface area (Å²) < 4.78 is 33.3. The first-order valence-electron chi connectivity index (χ1n) is 14.4. The van der Waals surface area contributed by atoms with E-state index in [9.17, 15) is 19.5 Å². The number of aromatic nitrogens is 4. The molecule has 0 saturated carbocycles. The van der Waals surface area contributed by atoms with Crippen molar-refractivity contribution in [1.29, 1.82) is 0 Å². The highest BCUT2D eigenvalue weighted by Crippen LogP contribution is 2.44. The summed E-state index contributed by atoms with van der Waals surface area (Å²) in [5, 5.41) is 10.7. The van der Waals surface area contributed by atoms with Crippen LogP contribution >= 0.6 is 0 Å². The number of fused-ring (bicyclic) bond motifs is 2. The standard InChI is InChI=1S/C32H31F2N7O4/c1-7-21(43)39-14-19-31(44)38(6)28-23-29(40(19)13-17(39)5)37-32(45)41(27-16(4)11-12-35-25(27)15(2)3)30(23)36-26(24(28)34)22-18(33)9-8-10-20(22)42/h7-12,15,17,19,42H,1,13-14H2,2-6H3. The Hall–Kier alpha value is -5.20. The lowest BCUT2D eigenvalue weighted by Crippen LogP contribution is -2.63. The lowest BCUT2D eigenvalue weighted by molar-refractivity contribution is -0.130. The maximum Gasteiger partial charge on any atom is 0.355 e. The van der Waals surface area contributed by atoms with Crippen molar-refractivity contribution in [3.63, 3.8) is 0 Å². The van der Waals surface area contributed by atoms with Gasteiger partial charge < -0.3 is 19.8 Å². The van der Waals surface area contributed by atoms with Gasteiger partial charge in [-0.3, -0.25) is 14.6 Å². The number of carbonyl (C=O) groups is 2. The van der Waals surface area contributed by atoms with E-state index in [-0.39, 0.29) is 47.5 Å². The van der Waals surface area contributed by atoms with Gasteiger partial charge in [0.05, 0.1) is 34.6 Å². The minimum Gasteiger partial charge on any atom is -0.507 e. The number of hydrogen-bond donors (Lipinski definition) is 1. The molecule has 232 valence electrons. The smallest absolute Gasteiger partial charge is 0.355 e. The maximum absolute atomic E-state index is 16.8. The molecular formula is C32H31F2N7O4. The van der Waals surface area contributed by atoms with E-state index in [1.807, 2.05) is 13.8 Å². The van der Waals surface area contributed by atoms with Crippen LogP contribution in [0.5, 0.6) is 5.75 Å². The van der Waals surface area contributed by atoms with Gasteiger partial charge in [-0.1, -0.05) is 26.5 Å². The summed E-state index contributed by atoms with van der Waals surface area (Å²) in [6, 6.07) is 3.75. The van der Waals surface area contributed by atoms with Gasteiger partial charge in [0.25, 0.3) is 5.91 Å². The lowest BCUT2D eigenvalue weighted by Gasteiger charge is -2.44. The lowest BCUT2D eigenvalue weighted by atomic mass is 10.0. The van der Waals surface area contributed by atoms with Crippen LogP contribution in [0.2, 0.25) is 0 Å². The van der Waals surface area contributed by atoms with Gasteiger partial charge in [0.1, 0.15) is 29.1 Å². The number of amides is 2. The number of aromatic hydroxyl groups is 1. The van der Waals surface area contributed by atoms with Crippen LogP contribution in [0.25, 0.3) is 28.0 Å². The van der Waals surface area contributed by atoms with Crippen molar-refractivity contribution in [2.45, 2.75) is 45.7 Å². The van der Waals surface area contributed by atoms with E-state index in [4.69, 9.17) is 0 Å². The van der Waals surface area contributed by atoms with Gasteiger partial charge in [-0.05, 0) is 49.6 Å². The fourth-order valence-corrected chi connectivity index (χ4v) is 6.29. The van der Waals surface area contributed by atoms with Crippen LogP contribution in [0.4, 0.5) is 20.3 Å². The molecule has 0 bridgehead atoms. The van der Waals surface area contributed by atoms with Gasteiger partial charge >= 0.3 is 5.69 Å². The number of pyridine rings is 2. The van der Waals surface area contributed by atoms with E-state index in [1.165, 1.54) is 28.6 Å². The molecule has 2 unspecified atom stereocenters. The molecule has 45 heavy (non-hydrogen) atoms. The molecule has 2 atom stereocenters. The highest BCUT2D eigenvalue weighted by atomic mass is 19.1. The topological polar surface area (TPSA) is 125 Å². The summed E-state index contributed by atoms with van der Waals surface area (Å²) in [7, 11) is 1.36. The predicted octanol–water partition coefficient (Wildman–Crippen LogP) is 3.83. The summed E-state index contributed by atoms with van der Waals surface area (Å²) in [5.74, 6) is -3.75. The molecule has 3 aromatic heterocycles. The summed E-state index contributed by atoms with van der Waals surface area (Å²) in [4.78, 5) is 58.6. The quantitative estimate of drug-likeness (QED) is 0.344. The summed E-state index contributed by atoms with van der Waals surface area (Å²) in [5.41, 5.74) is -0.744.